The van der Waals surface area contributed by atoms with E-state index in [1.807, 2.05) is 18.9 Å². The summed E-state index contributed by atoms with van der Waals surface area (Å²) in [6, 6.07) is 4.47. The molecule has 0 saturated heterocycles. The monoisotopic (exact) mass is 239 g/mol. The number of hydrogen-bond acceptors (Lipinski definition) is 4. The predicted octanol–water partition coefficient (Wildman–Crippen LogP) is 1.11. The lowest BCUT2D eigenvalue weighted by Crippen LogP contribution is -2.28. The molecule has 0 saturated carbocycles. The molecule has 2 rings (SSSR count). The van der Waals surface area contributed by atoms with E-state index in [1.54, 1.807) is 6.07 Å². The van der Waals surface area contributed by atoms with Gasteiger partial charge < -0.3 is 4.90 Å². The Morgan fingerprint density at radius 2 is 1.94 bits per heavy atom. The lowest BCUT2D eigenvalue weighted by molar-refractivity contribution is 0.0978. The Labute approximate surface area is 94.8 Å². The van der Waals surface area contributed by atoms with E-state index in [2.05, 4.69) is 0 Å². The first kappa shape index (κ1) is 11.1. The molecule has 16 heavy (non-hydrogen) atoms. The Hall–Kier alpha value is -1.36. The molecule has 0 fully saturated rings. The summed E-state index contributed by atoms with van der Waals surface area (Å²) in [7, 11) is -1.43. The van der Waals surface area contributed by atoms with Crippen LogP contribution in [0.3, 0.4) is 0 Å². The number of hydrogen-bond donors (Lipinski definition) is 0. The summed E-state index contributed by atoms with van der Waals surface area (Å²) in [4.78, 5) is 13.9. The van der Waals surface area contributed by atoms with E-state index >= 15 is 0 Å². The van der Waals surface area contributed by atoms with E-state index in [9.17, 15) is 13.2 Å². The van der Waals surface area contributed by atoms with Crippen LogP contribution in [0, 0.1) is 0 Å². The maximum absolute atomic E-state index is 11.8. The van der Waals surface area contributed by atoms with Gasteiger partial charge in [-0.25, -0.2) is 8.42 Å². The van der Waals surface area contributed by atoms with Crippen molar-refractivity contribution < 1.29 is 13.2 Å². The highest BCUT2D eigenvalue weighted by Gasteiger charge is 2.32. The van der Waals surface area contributed by atoms with Crippen LogP contribution in [0.15, 0.2) is 23.1 Å². The third kappa shape index (κ3) is 1.51. The van der Waals surface area contributed by atoms with Gasteiger partial charge in [-0.05, 0) is 25.1 Å². The van der Waals surface area contributed by atoms with E-state index in [0.29, 0.717) is 5.56 Å². The molecule has 0 bridgehead atoms. The van der Waals surface area contributed by atoms with Gasteiger partial charge in [-0.1, -0.05) is 0 Å². The molecular weight excluding hydrogens is 226 g/mol. The number of ketones is 1. The number of rotatable bonds is 1. The lowest BCUT2D eigenvalue weighted by atomic mass is 10.1. The highest BCUT2D eigenvalue weighted by Crippen LogP contribution is 2.32. The summed E-state index contributed by atoms with van der Waals surface area (Å²) >= 11 is 0. The first-order chi connectivity index (χ1) is 7.32. The summed E-state index contributed by atoms with van der Waals surface area (Å²) in [5, 5.41) is 0. The number of fused-ring (bicyclic) bond motifs is 1. The lowest BCUT2D eigenvalue weighted by Gasteiger charge is -2.16. The minimum Gasteiger partial charge on any atom is -0.364 e. The van der Waals surface area contributed by atoms with Crippen molar-refractivity contribution in [1.82, 2.24) is 0 Å². The van der Waals surface area contributed by atoms with Crippen LogP contribution in [0.25, 0.3) is 0 Å². The van der Waals surface area contributed by atoms with Crippen molar-refractivity contribution in [3.05, 3.63) is 23.8 Å². The second-order valence-electron chi connectivity index (χ2n) is 4.10. The first-order valence-corrected chi connectivity index (χ1v) is 6.82. The summed E-state index contributed by atoms with van der Waals surface area (Å²) in [5.74, 6) is -0.0250. The van der Waals surface area contributed by atoms with E-state index in [4.69, 9.17) is 0 Å². The molecule has 1 aliphatic rings. The van der Waals surface area contributed by atoms with Crippen molar-refractivity contribution in [2.45, 2.75) is 17.9 Å². The maximum Gasteiger partial charge on any atom is 0.187 e. The molecule has 0 aliphatic carbocycles. The van der Waals surface area contributed by atoms with Crippen molar-refractivity contribution in [3.8, 4) is 0 Å². The van der Waals surface area contributed by atoms with Gasteiger partial charge in [0.25, 0.3) is 0 Å². The third-order valence-corrected chi connectivity index (χ3v) is 4.11. The number of benzene rings is 1. The topological polar surface area (TPSA) is 54.5 Å². The van der Waals surface area contributed by atoms with Crippen LogP contribution < -0.4 is 4.90 Å². The van der Waals surface area contributed by atoms with Gasteiger partial charge in [-0.3, -0.25) is 4.79 Å². The number of carbonyl (C=O) groups excluding carboxylic acids is 1. The molecular formula is C11H13NO3S. The van der Waals surface area contributed by atoms with Gasteiger partial charge in [-0.2, -0.15) is 0 Å². The van der Waals surface area contributed by atoms with Crippen LogP contribution in [0.1, 0.15) is 17.3 Å². The molecule has 0 aromatic heterocycles. The largest absolute Gasteiger partial charge is 0.364 e. The minimum absolute atomic E-state index is 0.0250. The van der Waals surface area contributed by atoms with E-state index < -0.39 is 9.84 Å². The van der Waals surface area contributed by atoms with E-state index in [-0.39, 0.29) is 16.7 Å². The smallest absolute Gasteiger partial charge is 0.187 e. The molecule has 0 N–H and O–H groups in total. The zero-order valence-corrected chi connectivity index (χ0v) is 10.2. The molecule has 1 heterocycles. The summed E-state index contributed by atoms with van der Waals surface area (Å²) < 4.78 is 22.8. The summed E-state index contributed by atoms with van der Waals surface area (Å²) in [6.45, 7) is 1.81. The zero-order chi connectivity index (χ0) is 12.1. The second-order valence-corrected chi connectivity index (χ2v) is 6.12. The molecule has 0 amide bonds. The molecule has 0 radical (unpaired) electrons. The summed E-state index contributed by atoms with van der Waals surface area (Å²) in [5.41, 5.74) is 1.29. The molecule has 1 unspecified atom stereocenters. The van der Waals surface area contributed by atoms with Gasteiger partial charge in [0, 0.05) is 24.6 Å². The van der Waals surface area contributed by atoms with Crippen LogP contribution in [-0.4, -0.2) is 33.5 Å². The van der Waals surface area contributed by atoms with Gasteiger partial charge in [0.15, 0.2) is 15.6 Å². The average Bonchev–Trinajstić information content (AvgIpc) is 2.43. The first-order valence-electron chi connectivity index (χ1n) is 4.93. The van der Waals surface area contributed by atoms with Crippen molar-refractivity contribution >= 4 is 21.3 Å². The third-order valence-electron chi connectivity index (χ3n) is 3.00. The highest BCUT2D eigenvalue weighted by atomic mass is 32.2. The summed E-state index contributed by atoms with van der Waals surface area (Å²) in [6.07, 6.45) is 1.14. The van der Waals surface area contributed by atoms with Gasteiger partial charge >= 0.3 is 0 Å². The fourth-order valence-electron chi connectivity index (χ4n) is 1.86. The number of nitrogens with zero attached hydrogens (tertiary/aromatic N) is 1. The Kier molecular flexibility index (Phi) is 2.31. The van der Waals surface area contributed by atoms with Gasteiger partial charge in [0.2, 0.25) is 0 Å². The number of Topliss-reactive ketones (excluding diaryl/α,β-unsaturated/α-hetero) is 1. The SMILES string of the molecule is CC1C(=O)c2cc(S(C)(=O)=O)ccc2N1C. The fourth-order valence-corrected chi connectivity index (χ4v) is 2.51. The van der Waals surface area contributed by atoms with Crippen LogP contribution in [0.2, 0.25) is 0 Å². The van der Waals surface area contributed by atoms with Crippen LogP contribution in [0.5, 0.6) is 0 Å². The molecule has 86 valence electrons. The molecule has 0 spiro atoms. The Morgan fingerprint density at radius 1 is 1.31 bits per heavy atom. The highest BCUT2D eigenvalue weighted by molar-refractivity contribution is 7.90. The van der Waals surface area contributed by atoms with Gasteiger partial charge in [0.1, 0.15) is 0 Å². The zero-order valence-electron chi connectivity index (χ0n) is 9.39. The molecule has 4 nitrogen and oxygen atoms in total. The Morgan fingerprint density at radius 3 is 2.50 bits per heavy atom. The minimum atomic E-state index is -3.25. The quantitative estimate of drug-likeness (QED) is 0.736. The maximum atomic E-state index is 11.8. The normalized spacial score (nSPS) is 20.1. The molecule has 1 aliphatic heterocycles. The van der Waals surface area contributed by atoms with Crippen molar-refractivity contribution in [2.75, 3.05) is 18.2 Å². The predicted molar refractivity (Wildman–Crippen MR) is 61.7 cm³/mol. The van der Waals surface area contributed by atoms with Crippen LogP contribution >= 0.6 is 0 Å². The Balaban J connectivity index is 2.63. The van der Waals surface area contributed by atoms with Crippen molar-refractivity contribution in [3.63, 3.8) is 0 Å². The standard InChI is InChI=1S/C11H13NO3S/c1-7-11(13)9-6-8(16(3,14)15)4-5-10(9)12(7)2/h4-7H,1-3H3. The Bertz CT molecular complexity index is 563. The fraction of sp³-hybridized carbons (Fsp3) is 0.364. The number of sulfone groups is 1. The van der Waals surface area contributed by atoms with E-state index in [1.165, 1.54) is 12.1 Å². The van der Waals surface area contributed by atoms with Gasteiger partial charge in [0.05, 0.1) is 10.9 Å². The van der Waals surface area contributed by atoms with Gasteiger partial charge in [-0.15, -0.1) is 0 Å². The second kappa shape index (κ2) is 3.31. The molecule has 1 aromatic rings. The van der Waals surface area contributed by atoms with Crippen molar-refractivity contribution in [2.24, 2.45) is 0 Å². The number of likely N-dealkylation sites (N-methyl/N-ethyl adjacent to an activating group) is 1. The molecule has 1 aromatic carbocycles. The van der Waals surface area contributed by atoms with Crippen LogP contribution in [-0.2, 0) is 9.84 Å². The number of carbonyl (C=O) groups is 1. The average molecular weight is 239 g/mol. The molecule has 1 atom stereocenters. The van der Waals surface area contributed by atoms with Crippen molar-refractivity contribution in [1.29, 1.82) is 0 Å². The van der Waals surface area contributed by atoms with E-state index in [0.717, 1.165) is 11.9 Å². The van der Waals surface area contributed by atoms with Crippen LogP contribution in [0.4, 0.5) is 5.69 Å². The number of anilines is 1. The molecule has 5 heteroatoms.